The molecule has 0 bridgehead atoms. The summed E-state index contributed by atoms with van der Waals surface area (Å²) in [5.41, 5.74) is 1.65. The number of aromatic nitrogens is 3. The van der Waals surface area contributed by atoms with Gasteiger partial charge in [0, 0.05) is 23.2 Å². The van der Waals surface area contributed by atoms with Crippen LogP contribution in [0.25, 0.3) is 11.4 Å². The highest BCUT2D eigenvalue weighted by atomic mass is 35.5. The van der Waals surface area contributed by atoms with Gasteiger partial charge in [0.05, 0.1) is 10.7 Å². The summed E-state index contributed by atoms with van der Waals surface area (Å²) in [4.78, 5) is 23.0. The number of thioether (sulfide) groups is 1. The predicted octanol–water partition coefficient (Wildman–Crippen LogP) is 4.57. The quantitative estimate of drug-likeness (QED) is 0.334. The number of aryl methyl sites for hydroxylation is 1. The van der Waals surface area contributed by atoms with Crippen LogP contribution >= 0.6 is 23.4 Å². The number of benzene rings is 2. The molecule has 1 heterocycles. The molecule has 0 saturated carbocycles. The molecule has 0 unspecified atom stereocenters. The first-order chi connectivity index (χ1) is 13.9. The Morgan fingerprint density at radius 1 is 1.24 bits per heavy atom. The third-order valence-electron chi connectivity index (χ3n) is 4.09. The molecule has 0 fully saturated rings. The van der Waals surface area contributed by atoms with E-state index in [2.05, 4.69) is 15.5 Å². The highest BCUT2D eigenvalue weighted by Crippen LogP contribution is 2.27. The van der Waals surface area contributed by atoms with E-state index in [0.717, 1.165) is 11.1 Å². The van der Waals surface area contributed by atoms with Crippen molar-refractivity contribution >= 4 is 40.6 Å². The fourth-order valence-corrected chi connectivity index (χ4v) is 3.64. The van der Waals surface area contributed by atoms with Gasteiger partial charge in [0.15, 0.2) is 11.0 Å². The molecule has 150 valence electrons. The molecule has 3 aromatic rings. The van der Waals surface area contributed by atoms with E-state index in [1.807, 2.05) is 23.6 Å². The van der Waals surface area contributed by atoms with E-state index in [4.69, 9.17) is 11.6 Å². The summed E-state index contributed by atoms with van der Waals surface area (Å²) in [6.45, 7) is 4.34. The van der Waals surface area contributed by atoms with Crippen molar-refractivity contribution in [1.29, 1.82) is 0 Å². The summed E-state index contributed by atoms with van der Waals surface area (Å²) >= 11 is 7.15. The first-order valence-electron chi connectivity index (χ1n) is 8.76. The van der Waals surface area contributed by atoms with Gasteiger partial charge in [-0.15, -0.1) is 10.2 Å². The number of hydrogen-bond acceptors (Lipinski definition) is 6. The Morgan fingerprint density at radius 2 is 1.97 bits per heavy atom. The molecule has 0 radical (unpaired) electrons. The van der Waals surface area contributed by atoms with Gasteiger partial charge in [-0.05, 0) is 49.7 Å². The minimum absolute atomic E-state index is 0.0454. The summed E-state index contributed by atoms with van der Waals surface area (Å²) in [5.74, 6) is 0.367. The van der Waals surface area contributed by atoms with Crippen molar-refractivity contribution in [2.45, 2.75) is 25.5 Å². The Morgan fingerprint density at radius 3 is 2.62 bits per heavy atom. The van der Waals surface area contributed by atoms with Gasteiger partial charge < -0.3 is 9.88 Å². The number of anilines is 1. The topological polar surface area (TPSA) is 103 Å². The lowest BCUT2D eigenvalue weighted by Crippen LogP contribution is -2.15. The zero-order valence-corrected chi connectivity index (χ0v) is 17.3. The normalized spacial score (nSPS) is 10.7. The minimum Gasteiger partial charge on any atom is -0.320 e. The molecule has 1 N–H and O–H groups in total. The van der Waals surface area contributed by atoms with Crippen LogP contribution in [0.15, 0.2) is 47.6 Å². The number of halogens is 1. The smallest absolute Gasteiger partial charge is 0.293 e. The van der Waals surface area contributed by atoms with Gasteiger partial charge in [0.2, 0.25) is 5.91 Å². The monoisotopic (exact) mass is 431 g/mol. The van der Waals surface area contributed by atoms with Gasteiger partial charge in [-0.2, -0.15) is 0 Å². The lowest BCUT2D eigenvalue weighted by molar-refractivity contribution is -0.384. The number of carbonyl (C=O) groups excluding carboxylic acids is 1. The van der Waals surface area contributed by atoms with Crippen LogP contribution in [-0.4, -0.2) is 31.3 Å². The lowest BCUT2D eigenvalue weighted by atomic mass is 10.2. The molecule has 3 rings (SSSR count). The van der Waals surface area contributed by atoms with Crippen molar-refractivity contribution in [3.05, 3.63) is 63.2 Å². The number of rotatable bonds is 7. The first-order valence-corrected chi connectivity index (χ1v) is 10.1. The molecule has 0 aliphatic heterocycles. The van der Waals surface area contributed by atoms with Gasteiger partial charge in [0.25, 0.3) is 5.69 Å². The number of nitro benzene ring substituents is 1. The van der Waals surface area contributed by atoms with Crippen LogP contribution in [0.5, 0.6) is 0 Å². The number of amides is 1. The highest BCUT2D eigenvalue weighted by Gasteiger charge is 2.18. The second-order valence-corrected chi connectivity index (χ2v) is 7.55. The van der Waals surface area contributed by atoms with E-state index in [9.17, 15) is 14.9 Å². The number of hydrogen-bond donors (Lipinski definition) is 1. The van der Waals surface area contributed by atoms with Crippen LogP contribution < -0.4 is 5.32 Å². The van der Waals surface area contributed by atoms with E-state index < -0.39 is 4.92 Å². The van der Waals surface area contributed by atoms with Crippen LogP contribution in [0.1, 0.15) is 12.5 Å². The van der Waals surface area contributed by atoms with Crippen molar-refractivity contribution in [1.82, 2.24) is 14.8 Å². The number of nitro groups is 1. The molecule has 10 heteroatoms. The second-order valence-electron chi connectivity index (χ2n) is 6.17. The number of nitrogens with one attached hydrogen (secondary N) is 1. The van der Waals surface area contributed by atoms with Crippen molar-refractivity contribution in [2.24, 2.45) is 0 Å². The van der Waals surface area contributed by atoms with E-state index in [1.54, 1.807) is 25.1 Å². The lowest BCUT2D eigenvalue weighted by Gasteiger charge is -2.08. The Hall–Kier alpha value is -2.91. The third-order valence-corrected chi connectivity index (χ3v) is 5.31. The fraction of sp³-hybridized carbons (Fsp3) is 0.211. The summed E-state index contributed by atoms with van der Waals surface area (Å²) in [6.07, 6.45) is 0. The van der Waals surface area contributed by atoms with Crippen molar-refractivity contribution < 1.29 is 9.72 Å². The average Bonchev–Trinajstić information content (AvgIpc) is 3.11. The van der Waals surface area contributed by atoms with Crippen LogP contribution in [0.2, 0.25) is 5.02 Å². The largest absolute Gasteiger partial charge is 0.320 e. The Labute approximate surface area is 176 Å². The molecule has 29 heavy (non-hydrogen) atoms. The molecule has 0 spiro atoms. The van der Waals surface area contributed by atoms with Gasteiger partial charge in [0.1, 0.15) is 5.69 Å². The molecule has 0 atom stereocenters. The average molecular weight is 432 g/mol. The third kappa shape index (κ3) is 4.93. The van der Waals surface area contributed by atoms with Gasteiger partial charge >= 0.3 is 0 Å². The Bertz CT molecular complexity index is 1050. The minimum atomic E-state index is -0.512. The Kier molecular flexibility index (Phi) is 6.50. The molecule has 0 saturated heterocycles. The fourth-order valence-electron chi connectivity index (χ4n) is 2.71. The number of nitrogens with zero attached hydrogens (tertiary/aromatic N) is 4. The van der Waals surface area contributed by atoms with Crippen LogP contribution in [0, 0.1) is 17.0 Å². The van der Waals surface area contributed by atoms with Crippen molar-refractivity contribution in [3.8, 4) is 11.4 Å². The summed E-state index contributed by atoms with van der Waals surface area (Å²) in [7, 11) is 0. The van der Waals surface area contributed by atoms with E-state index in [1.165, 1.54) is 23.9 Å². The highest BCUT2D eigenvalue weighted by molar-refractivity contribution is 7.99. The molecular formula is C19H18ClN5O3S. The predicted molar refractivity (Wildman–Crippen MR) is 113 cm³/mol. The maximum atomic E-state index is 12.3. The molecule has 0 aliphatic carbocycles. The standard InChI is InChI=1S/C19H18ClN5O3S/c1-3-24-18(13-5-7-14(20)8-6-13)22-23-19(24)29-11-17(26)21-15-9-4-12(2)10-16(15)25(27)28/h4-10H,3,11H2,1-2H3,(H,21,26). The van der Waals surface area contributed by atoms with Crippen molar-refractivity contribution in [2.75, 3.05) is 11.1 Å². The van der Waals surface area contributed by atoms with Gasteiger partial charge in [-0.1, -0.05) is 29.4 Å². The maximum Gasteiger partial charge on any atom is 0.293 e. The molecule has 2 aromatic carbocycles. The summed E-state index contributed by atoms with van der Waals surface area (Å²) < 4.78 is 1.90. The first kappa shape index (κ1) is 20.8. The van der Waals surface area contributed by atoms with E-state index in [-0.39, 0.29) is 23.0 Å². The Balaban J connectivity index is 1.71. The molecule has 0 aliphatic rings. The summed E-state index contributed by atoms with van der Waals surface area (Å²) in [5, 5.41) is 23.4. The number of carbonyl (C=O) groups is 1. The molecular weight excluding hydrogens is 414 g/mol. The van der Waals surface area contributed by atoms with Crippen LogP contribution in [0.4, 0.5) is 11.4 Å². The zero-order valence-electron chi connectivity index (χ0n) is 15.8. The van der Waals surface area contributed by atoms with Crippen LogP contribution in [-0.2, 0) is 11.3 Å². The van der Waals surface area contributed by atoms with Gasteiger partial charge in [-0.3, -0.25) is 14.9 Å². The molecule has 8 nitrogen and oxygen atoms in total. The maximum absolute atomic E-state index is 12.3. The molecule has 1 aromatic heterocycles. The van der Waals surface area contributed by atoms with E-state index in [0.29, 0.717) is 22.5 Å². The second kappa shape index (κ2) is 9.06. The van der Waals surface area contributed by atoms with Crippen molar-refractivity contribution in [3.63, 3.8) is 0 Å². The SMILES string of the molecule is CCn1c(SCC(=O)Nc2ccc(C)cc2[N+](=O)[O-])nnc1-c1ccc(Cl)cc1. The molecule has 1 amide bonds. The summed E-state index contributed by atoms with van der Waals surface area (Å²) in [6, 6.07) is 11.9. The van der Waals surface area contributed by atoms with E-state index >= 15 is 0 Å². The van der Waals surface area contributed by atoms with Crippen LogP contribution in [0.3, 0.4) is 0 Å². The zero-order chi connectivity index (χ0) is 21.0. The van der Waals surface area contributed by atoms with Gasteiger partial charge in [-0.25, -0.2) is 0 Å².